The number of rotatable bonds is 4. The SMILES string of the molecule is CCCc1sc(-c2ccccc2Cl)nc1C(=O)O. The summed E-state index contributed by atoms with van der Waals surface area (Å²) in [6.07, 6.45) is 1.62. The van der Waals surface area contributed by atoms with E-state index in [1.165, 1.54) is 11.3 Å². The van der Waals surface area contributed by atoms with Gasteiger partial charge in [0.15, 0.2) is 5.69 Å². The van der Waals surface area contributed by atoms with Crippen molar-refractivity contribution in [2.75, 3.05) is 0 Å². The fourth-order valence-corrected chi connectivity index (χ4v) is 3.14. The number of carboxylic acids is 1. The molecule has 0 spiro atoms. The number of nitrogens with zero attached hydrogens (tertiary/aromatic N) is 1. The minimum absolute atomic E-state index is 0.150. The summed E-state index contributed by atoms with van der Waals surface area (Å²) in [7, 11) is 0. The number of aryl methyl sites for hydroxylation is 1. The molecule has 0 bridgehead atoms. The van der Waals surface area contributed by atoms with Gasteiger partial charge in [-0.1, -0.05) is 43.1 Å². The Bertz CT molecular complexity index is 580. The highest BCUT2D eigenvalue weighted by Gasteiger charge is 2.18. The Morgan fingerprint density at radius 1 is 1.44 bits per heavy atom. The average molecular weight is 282 g/mol. The number of hydrogen-bond donors (Lipinski definition) is 1. The Morgan fingerprint density at radius 2 is 2.17 bits per heavy atom. The molecule has 2 rings (SSSR count). The molecule has 3 nitrogen and oxygen atoms in total. The average Bonchev–Trinajstić information content (AvgIpc) is 2.74. The van der Waals surface area contributed by atoms with E-state index in [4.69, 9.17) is 16.7 Å². The minimum Gasteiger partial charge on any atom is -0.476 e. The second-order valence-corrected chi connectivity index (χ2v) is 5.32. The molecule has 0 saturated heterocycles. The van der Waals surface area contributed by atoms with E-state index in [9.17, 15) is 4.79 Å². The number of carbonyl (C=O) groups is 1. The maximum atomic E-state index is 11.1. The van der Waals surface area contributed by atoms with Crippen LogP contribution in [-0.2, 0) is 6.42 Å². The van der Waals surface area contributed by atoms with Crippen LogP contribution in [-0.4, -0.2) is 16.1 Å². The predicted molar refractivity (Wildman–Crippen MR) is 73.5 cm³/mol. The smallest absolute Gasteiger partial charge is 0.355 e. The van der Waals surface area contributed by atoms with Crippen LogP contribution in [0, 0.1) is 0 Å². The summed E-state index contributed by atoms with van der Waals surface area (Å²) < 4.78 is 0. The third-order valence-corrected chi connectivity index (χ3v) is 3.96. The molecule has 5 heteroatoms. The number of benzene rings is 1. The lowest BCUT2D eigenvalue weighted by molar-refractivity contribution is 0.0690. The molecule has 1 heterocycles. The van der Waals surface area contributed by atoms with E-state index >= 15 is 0 Å². The van der Waals surface area contributed by atoms with E-state index in [2.05, 4.69) is 4.98 Å². The molecule has 2 aromatic rings. The van der Waals surface area contributed by atoms with Crippen LogP contribution < -0.4 is 0 Å². The maximum Gasteiger partial charge on any atom is 0.355 e. The lowest BCUT2D eigenvalue weighted by atomic mass is 10.2. The molecule has 18 heavy (non-hydrogen) atoms. The zero-order valence-corrected chi connectivity index (χ0v) is 11.4. The maximum absolute atomic E-state index is 11.1. The topological polar surface area (TPSA) is 50.2 Å². The number of aromatic nitrogens is 1. The Kier molecular flexibility index (Phi) is 3.99. The first kappa shape index (κ1) is 13.1. The number of hydrogen-bond acceptors (Lipinski definition) is 3. The highest BCUT2D eigenvalue weighted by Crippen LogP contribution is 2.33. The summed E-state index contributed by atoms with van der Waals surface area (Å²) in [5.74, 6) is -0.979. The van der Waals surface area contributed by atoms with Crippen LogP contribution in [0.1, 0.15) is 28.7 Å². The summed E-state index contributed by atoms with van der Waals surface area (Å²) in [5, 5.41) is 10.4. The number of carboxylic acid groups (broad SMARTS) is 1. The molecule has 0 aliphatic carbocycles. The Hall–Kier alpha value is -1.39. The Morgan fingerprint density at radius 3 is 2.78 bits per heavy atom. The summed E-state index contributed by atoms with van der Waals surface area (Å²) >= 11 is 7.50. The fourth-order valence-electron chi connectivity index (χ4n) is 1.67. The molecular formula is C13H12ClNO2S. The highest BCUT2D eigenvalue weighted by molar-refractivity contribution is 7.15. The summed E-state index contributed by atoms with van der Waals surface area (Å²) in [6, 6.07) is 7.33. The van der Waals surface area contributed by atoms with Gasteiger partial charge in [-0.05, 0) is 12.5 Å². The van der Waals surface area contributed by atoms with Gasteiger partial charge in [0.2, 0.25) is 0 Å². The molecule has 0 aliphatic rings. The molecule has 0 amide bonds. The molecule has 0 radical (unpaired) electrons. The molecule has 0 saturated carbocycles. The molecule has 1 aromatic heterocycles. The lowest BCUT2D eigenvalue weighted by Gasteiger charge is -1.97. The molecule has 0 fully saturated rings. The van der Waals surface area contributed by atoms with Crippen molar-refractivity contribution in [1.29, 1.82) is 0 Å². The Balaban J connectivity index is 2.50. The van der Waals surface area contributed by atoms with Gasteiger partial charge in [0.05, 0.1) is 5.02 Å². The van der Waals surface area contributed by atoms with E-state index in [1.54, 1.807) is 6.07 Å². The molecule has 1 N–H and O–H groups in total. The zero-order chi connectivity index (χ0) is 13.1. The number of thiazole rings is 1. The van der Waals surface area contributed by atoms with Crippen molar-refractivity contribution in [3.05, 3.63) is 39.9 Å². The van der Waals surface area contributed by atoms with E-state index in [1.807, 2.05) is 25.1 Å². The van der Waals surface area contributed by atoms with Crippen LogP contribution in [0.15, 0.2) is 24.3 Å². The van der Waals surface area contributed by atoms with Gasteiger partial charge >= 0.3 is 5.97 Å². The van der Waals surface area contributed by atoms with Gasteiger partial charge in [-0.2, -0.15) is 0 Å². The molecule has 0 atom stereocenters. The zero-order valence-electron chi connectivity index (χ0n) is 9.81. The van der Waals surface area contributed by atoms with Gasteiger partial charge in [0.1, 0.15) is 5.01 Å². The van der Waals surface area contributed by atoms with Gasteiger partial charge in [-0.3, -0.25) is 0 Å². The van der Waals surface area contributed by atoms with Crippen LogP contribution >= 0.6 is 22.9 Å². The van der Waals surface area contributed by atoms with Crippen LogP contribution in [0.3, 0.4) is 0 Å². The lowest BCUT2D eigenvalue weighted by Crippen LogP contribution is -2.00. The van der Waals surface area contributed by atoms with Crippen molar-refractivity contribution < 1.29 is 9.90 Å². The van der Waals surface area contributed by atoms with Crippen molar-refractivity contribution >= 4 is 28.9 Å². The fraction of sp³-hybridized carbons (Fsp3) is 0.231. The van der Waals surface area contributed by atoms with Crippen LogP contribution in [0.4, 0.5) is 0 Å². The third-order valence-electron chi connectivity index (χ3n) is 2.48. The third kappa shape index (κ3) is 2.54. The van der Waals surface area contributed by atoms with Crippen molar-refractivity contribution in [3.63, 3.8) is 0 Å². The normalized spacial score (nSPS) is 10.6. The van der Waals surface area contributed by atoms with Gasteiger partial charge < -0.3 is 5.11 Å². The predicted octanol–water partition coefficient (Wildman–Crippen LogP) is 4.11. The first-order valence-corrected chi connectivity index (χ1v) is 6.80. The van der Waals surface area contributed by atoms with E-state index in [0.29, 0.717) is 10.0 Å². The van der Waals surface area contributed by atoms with Crippen LogP contribution in [0.2, 0.25) is 5.02 Å². The molecular weight excluding hydrogens is 270 g/mol. The largest absolute Gasteiger partial charge is 0.476 e. The summed E-state index contributed by atoms with van der Waals surface area (Å²) in [4.78, 5) is 16.1. The second-order valence-electron chi connectivity index (χ2n) is 3.83. The van der Waals surface area contributed by atoms with E-state index in [-0.39, 0.29) is 5.69 Å². The monoisotopic (exact) mass is 281 g/mol. The van der Waals surface area contributed by atoms with Gasteiger partial charge in [-0.15, -0.1) is 11.3 Å². The number of halogens is 1. The summed E-state index contributed by atoms with van der Waals surface area (Å²) in [5.41, 5.74) is 0.936. The van der Waals surface area contributed by atoms with Crippen LogP contribution in [0.25, 0.3) is 10.6 Å². The van der Waals surface area contributed by atoms with E-state index in [0.717, 1.165) is 23.3 Å². The van der Waals surface area contributed by atoms with Gasteiger partial charge in [0.25, 0.3) is 0 Å². The molecule has 0 unspecified atom stereocenters. The first-order valence-electron chi connectivity index (χ1n) is 5.61. The molecule has 0 aliphatic heterocycles. The first-order chi connectivity index (χ1) is 8.63. The van der Waals surface area contributed by atoms with Crippen LogP contribution in [0.5, 0.6) is 0 Å². The minimum atomic E-state index is -0.979. The van der Waals surface area contributed by atoms with Crippen molar-refractivity contribution in [2.45, 2.75) is 19.8 Å². The Labute approximate surface area is 114 Å². The quantitative estimate of drug-likeness (QED) is 0.917. The standard InChI is InChI=1S/C13H12ClNO2S/c1-2-5-10-11(13(16)17)15-12(18-10)8-6-3-4-7-9(8)14/h3-4,6-7H,2,5H2,1H3,(H,16,17). The summed E-state index contributed by atoms with van der Waals surface area (Å²) in [6.45, 7) is 2.01. The van der Waals surface area contributed by atoms with Crippen molar-refractivity contribution in [2.24, 2.45) is 0 Å². The molecule has 94 valence electrons. The molecule has 1 aromatic carbocycles. The number of aromatic carboxylic acids is 1. The van der Waals surface area contributed by atoms with Crippen molar-refractivity contribution in [3.8, 4) is 10.6 Å². The highest BCUT2D eigenvalue weighted by atomic mass is 35.5. The van der Waals surface area contributed by atoms with Gasteiger partial charge in [-0.25, -0.2) is 9.78 Å². The van der Waals surface area contributed by atoms with Crippen molar-refractivity contribution in [1.82, 2.24) is 4.98 Å². The second kappa shape index (κ2) is 5.50. The van der Waals surface area contributed by atoms with E-state index < -0.39 is 5.97 Å². The van der Waals surface area contributed by atoms with Gasteiger partial charge in [0, 0.05) is 10.4 Å².